The van der Waals surface area contributed by atoms with E-state index >= 15 is 0 Å². The molecule has 0 radical (unpaired) electrons. The number of primary amides is 1. The van der Waals surface area contributed by atoms with Crippen molar-refractivity contribution in [1.82, 2.24) is 4.31 Å². The topological polar surface area (TPSA) is 80.5 Å². The number of carbonyl (C=O) groups is 1. The molecule has 8 heteroatoms. The van der Waals surface area contributed by atoms with Gasteiger partial charge in [0.25, 0.3) is 0 Å². The molecule has 0 atom stereocenters. The first-order chi connectivity index (χ1) is 8.28. The fourth-order valence-electron chi connectivity index (χ4n) is 1.36. The van der Waals surface area contributed by atoms with E-state index in [1.165, 1.54) is 0 Å². The highest BCUT2D eigenvalue weighted by Crippen LogP contribution is 2.25. The third-order valence-electron chi connectivity index (χ3n) is 2.20. The SMILES string of the molecule is CCN(CC(N)=O)S(=O)(=O)c1ccc(F)cc1Br. The molecule has 100 valence electrons. The van der Waals surface area contributed by atoms with Gasteiger partial charge < -0.3 is 5.73 Å². The van der Waals surface area contributed by atoms with Gasteiger partial charge in [-0.05, 0) is 34.1 Å². The van der Waals surface area contributed by atoms with E-state index in [0.717, 1.165) is 22.5 Å². The Morgan fingerprint density at radius 1 is 1.50 bits per heavy atom. The van der Waals surface area contributed by atoms with Crippen LogP contribution in [0.2, 0.25) is 0 Å². The summed E-state index contributed by atoms with van der Waals surface area (Å²) in [6, 6.07) is 3.22. The smallest absolute Gasteiger partial charge is 0.244 e. The van der Waals surface area contributed by atoms with Crippen LogP contribution in [0.1, 0.15) is 6.92 Å². The number of nitrogens with zero attached hydrogens (tertiary/aromatic N) is 1. The Labute approximate surface area is 113 Å². The van der Waals surface area contributed by atoms with Gasteiger partial charge >= 0.3 is 0 Å². The first-order valence-corrected chi connectivity index (χ1v) is 7.26. The number of hydrogen-bond acceptors (Lipinski definition) is 3. The van der Waals surface area contributed by atoms with E-state index in [9.17, 15) is 17.6 Å². The third kappa shape index (κ3) is 3.27. The molecule has 2 N–H and O–H groups in total. The zero-order chi connectivity index (χ0) is 13.9. The minimum Gasteiger partial charge on any atom is -0.369 e. The van der Waals surface area contributed by atoms with Crippen LogP contribution < -0.4 is 5.73 Å². The van der Waals surface area contributed by atoms with Gasteiger partial charge in [-0.25, -0.2) is 12.8 Å². The molecule has 0 bridgehead atoms. The summed E-state index contributed by atoms with van der Waals surface area (Å²) in [6.07, 6.45) is 0. The summed E-state index contributed by atoms with van der Waals surface area (Å²) >= 11 is 2.98. The minimum atomic E-state index is -3.87. The summed E-state index contributed by atoms with van der Waals surface area (Å²) in [5, 5.41) is 0. The summed E-state index contributed by atoms with van der Waals surface area (Å²) in [5.41, 5.74) is 4.99. The summed E-state index contributed by atoms with van der Waals surface area (Å²) in [6.45, 7) is 1.26. The van der Waals surface area contributed by atoms with Crippen LogP contribution in [0.15, 0.2) is 27.6 Å². The second kappa shape index (κ2) is 5.77. The lowest BCUT2D eigenvalue weighted by molar-refractivity contribution is -0.118. The van der Waals surface area contributed by atoms with Gasteiger partial charge in [0.1, 0.15) is 5.82 Å². The average Bonchev–Trinajstić information content (AvgIpc) is 2.24. The second-order valence-electron chi connectivity index (χ2n) is 3.47. The van der Waals surface area contributed by atoms with Gasteiger partial charge in [0.15, 0.2) is 0 Å². The lowest BCUT2D eigenvalue weighted by Crippen LogP contribution is -2.38. The Bertz CT molecular complexity index is 562. The Balaban J connectivity index is 3.23. The van der Waals surface area contributed by atoms with E-state index in [4.69, 9.17) is 5.73 Å². The van der Waals surface area contributed by atoms with Gasteiger partial charge in [-0.3, -0.25) is 4.79 Å². The minimum absolute atomic E-state index is 0.0924. The molecule has 0 aliphatic heterocycles. The highest BCUT2D eigenvalue weighted by molar-refractivity contribution is 9.10. The summed E-state index contributed by atoms with van der Waals surface area (Å²) in [5.74, 6) is -1.31. The first-order valence-electron chi connectivity index (χ1n) is 5.02. The molecule has 0 saturated carbocycles. The summed E-state index contributed by atoms with van der Waals surface area (Å²) in [7, 11) is -3.87. The molecule has 0 spiro atoms. The van der Waals surface area contributed by atoms with Gasteiger partial charge in [0, 0.05) is 11.0 Å². The lowest BCUT2D eigenvalue weighted by atomic mass is 10.3. The van der Waals surface area contributed by atoms with Crippen molar-refractivity contribution in [3.63, 3.8) is 0 Å². The zero-order valence-electron chi connectivity index (χ0n) is 9.56. The Kier molecular flexibility index (Phi) is 4.83. The predicted molar refractivity (Wildman–Crippen MR) is 67.7 cm³/mol. The zero-order valence-corrected chi connectivity index (χ0v) is 12.0. The fourth-order valence-corrected chi connectivity index (χ4v) is 3.79. The van der Waals surface area contributed by atoms with Crippen LogP contribution in [0, 0.1) is 5.82 Å². The van der Waals surface area contributed by atoms with E-state index in [0.29, 0.717) is 0 Å². The van der Waals surface area contributed by atoms with Crippen molar-refractivity contribution in [3.8, 4) is 0 Å². The Hall–Kier alpha value is -0.990. The standard InChI is InChI=1S/C10H12BrFN2O3S/c1-2-14(6-10(13)15)18(16,17)9-4-3-7(12)5-8(9)11/h3-5H,2,6H2,1H3,(H2,13,15). The maximum absolute atomic E-state index is 12.9. The van der Waals surface area contributed by atoms with E-state index in [1.54, 1.807) is 6.92 Å². The number of amides is 1. The van der Waals surface area contributed by atoms with E-state index in [-0.39, 0.29) is 15.9 Å². The van der Waals surface area contributed by atoms with Gasteiger partial charge in [-0.2, -0.15) is 4.31 Å². The second-order valence-corrected chi connectivity index (χ2v) is 6.23. The van der Waals surface area contributed by atoms with Gasteiger partial charge in [0.2, 0.25) is 15.9 Å². The van der Waals surface area contributed by atoms with Crippen LogP contribution in [0.5, 0.6) is 0 Å². The monoisotopic (exact) mass is 338 g/mol. The molecule has 18 heavy (non-hydrogen) atoms. The van der Waals surface area contributed by atoms with Crippen LogP contribution in [-0.2, 0) is 14.8 Å². The van der Waals surface area contributed by atoms with Crippen LogP contribution >= 0.6 is 15.9 Å². The van der Waals surface area contributed by atoms with Crippen LogP contribution in [0.25, 0.3) is 0 Å². The molecule has 0 unspecified atom stereocenters. The number of carbonyl (C=O) groups excluding carboxylic acids is 1. The van der Waals surface area contributed by atoms with Crippen molar-refractivity contribution in [3.05, 3.63) is 28.5 Å². The predicted octanol–water partition coefficient (Wildman–Crippen LogP) is 1.08. The van der Waals surface area contributed by atoms with Crippen LogP contribution in [-0.4, -0.2) is 31.7 Å². The Morgan fingerprint density at radius 3 is 2.56 bits per heavy atom. The van der Waals surface area contributed by atoms with Crippen molar-refractivity contribution >= 4 is 31.9 Å². The highest BCUT2D eigenvalue weighted by Gasteiger charge is 2.26. The maximum Gasteiger partial charge on any atom is 0.244 e. The number of likely N-dealkylation sites (N-methyl/N-ethyl adjacent to an activating group) is 1. The van der Waals surface area contributed by atoms with Crippen LogP contribution in [0.3, 0.4) is 0 Å². The third-order valence-corrected chi connectivity index (χ3v) is 5.09. The molecule has 1 amide bonds. The van der Waals surface area contributed by atoms with Crippen molar-refractivity contribution in [2.24, 2.45) is 5.73 Å². The van der Waals surface area contributed by atoms with Crippen molar-refractivity contribution in [2.75, 3.05) is 13.1 Å². The molecule has 0 saturated heterocycles. The maximum atomic E-state index is 12.9. The van der Waals surface area contributed by atoms with Gasteiger partial charge in [-0.15, -0.1) is 0 Å². The molecule has 5 nitrogen and oxygen atoms in total. The highest BCUT2D eigenvalue weighted by atomic mass is 79.9. The average molecular weight is 339 g/mol. The van der Waals surface area contributed by atoms with Crippen molar-refractivity contribution in [2.45, 2.75) is 11.8 Å². The number of benzene rings is 1. The quantitative estimate of drug-likeness (QED) is 0.872. The largest absolute Gasteiger partial charge is 0.369 e. The molecule has 0 aliphatic rings. The van der Waals surface area contributed by atoms with Gasteiger partial charge in [0.05, 0.1) is 11.4 Å². The molecule has 0 aliphatic carbocycles. The molecular weight excluding hydrogens is 327 g/mol. The fraction of sp³-hybridized carbons (Fsp3) is 0.300. The first kappa shape index (κ1) is 15.1. The lowest BCUT2D eigenvalue weighted by Gasteiger charge is -2.19. The molecule has 0 fully saturated rings. The van der Waals surface area contributed by atoms with E-state index in [1.807, 2.05) is 0 Å². The number of rotatable bonds is 5. The molecule has 1 aromatic carbocycles. The number of nitrogens with two attached hydrogens (primary N) is 1. The number of hydrogen-bond donors (Lipinski definition) is 1. The van der Waals surface area contributed by atoms with Crippen LogP contribution in [0.4, 0.5) is 4.39 Å². The number of sulfonamides is 1. The normalized spacial score (nSPS) is 11.8. The van der Waals surface area contributed by atoms with Crippen molar-refractivity contribution in [1.29, 1.82) is 0 Å². The molecule has 1 aromatic rings. The Morgan fingerprint density at radius 2 is 2.11 bits per heavy atom. The molecule has 1 rings (SSSR count). The molecule has 0 aromatic heterocycles. The van der Waals surface area contributed by atoms with E-state index in [2.05, 4.69) is 15.9 Å². The van der Waals surface area contributed by atoms with Gasteiger partial charge in [-0.1, -0.05) is 6.92 Å². The van der Waals surface area contributed by atoms with Crippen molar-refractivity contribution < 1.29 is 17.6 Å². The number of halogens is 2. The molecule has 0 heterocycles. The summed E-state index contributed by atoms with van der Waals surface area (Å²) in [4.78, 5) is 10.7. The van der Waals surface area contributed by atoms with E-state index < -0.39 is 28.3 Å². The molecular formula is C10H12BrFN2O3S. The summed E-state index contributed by atoms with van der Waals surface area (Å²) < 4.78 is 38.3.